The molecule has 0 radical (unpaired) electrons. The first-order valence-corrected chi connectivity index (χ1v) is 20.3. The Balaban J connectivity index is 1.13. The maximum Gasteiger partial charge on any atom is 0.0473 e. The zero-order valence-electron chi connectivity index (χ0n) is 32.5. The van der Waals surface area contributed by atoms with Crippen molar-refractivity contribution in [2.24, 2.45) is 0 Å². The summed E-state index contributed by atoms with van der Waals surface area (Å²) in [4.78, 5) is 2.41. The van der Waals surface area contributed by atoms with Crippen molar-refractivity contribution in [3.05, 3.63) is 237 Å². The largest absolute Gasteiger partial charge is 0.310 e. The third kappa shape index (κ3) is 6.40. The van der Waals surface area contributed by atoms with Gasteiger partial charge < -0.3 is 4.90 Å². The molecule has 0 amide bonds. The van der Waals surface area contributed by atoms with Crippen LogP contribution in [0.3, 0.4) is 0 Å². The lowest BCUT2D eigenvalue weighted by Gasteiger charge is -2.27. The van der Waals surface area contributed by atoms with Crippen molar-refractivity contribution < 1.29 is 0 Å². The van der Waals surface area contributed by atoms with E-state index >= 15 is 0 Å². The zero-order valence-corrected chi connectivity index (χ0v) is 32.5. The van der Waals surface area contributed by atoms with Gasteiger partial charge in [0.1, 0.15) is 0 Å². The van der Waals surface area contributed by atoms with E-state index in [4.69, 9.17) is 0 Å². The Morgan fingerprint density at radius 2 is 0.678 bits per heavy atom. The molecule has 11 aromatic carbocycles. The van der Waals surface area contributed by atoms with E-state index in [0.29, 0.717) is 0 Å². The van der Waals surface area contributed by atoms with Gasteiger partial charge in [-0.25, -0.2) is 0 Å². The highest BCUT2D eigenvalue weighted by Gasteiger charge is 2.18. The molecule has 0 aliphatic rings. The van der Waals surface area contributed by atoms with E-state index < -0.39 is 0 Å². The predicted octanol–water partition coefficient (Wildman–Crippen LogP) is 16.4. The molecule has 1 heteroatoms. The topological polar surface area (TPSA) is 3.24 Å². The van der Waals surface area contributed by atoms with Crippen molar-refractivity contribution in [2.75, 3.05) is 4.90 Å². The first-order valence-electron chi connectivity index (χ1n) is 20.3. The normalized spacial score (nSPS) is 11.4. The summed E-state index contributed by atoms with van der Waals surface area (Å²) in [6.07, 6.45) is 0. The molecule has 276 valence electrons. The van der Waals surface area contributed by atoms with Crippen LogP contribution in [0.2, 0.25) is 0 Å². The molecule has 0 aromatic heterocycles. The number of rotatable bonds is 7. The summed E-state index contributed by atoms with van der Waals surface area (Å²) in [5.41, 5.74) is 12.8. The molecule has 0 N–H and O–H groups in total. The lowest BCUT2D eigenvalue weighted by Crippen LogP contribution is -2.10. The van der Waals surface area contributed by atoms with Crippen molar-refractivity contribution in [1.82, 2.24) is 0 Å². The highest BCUT2D eigenvalue weighted by molar-refractivity contribution is 6.21. The van der Waals surface area contributed by atoms with Gasteiger partial charge in [0, 0.05) is 17.1 Å². The average Bonchev–Trinajstić information content (AvgIpc) is 3.32. The van der Waals surface area contributed by atoms with Crippen LogP contribution < -0.4 is 4.90 Å². The van der Waals surface area contributed by atoms with Crippen LogP contribution in [0.1, 0.15) is 0 Å². The monoisotopic (exact) mass is 749 g/mol. The molecule has 0 aliphatic carbocycles. The minimum atomic E-state index is 1.09. The number of benzene rings is 11. The maximum atomic E-state index is 2.42. The smallest absolute Gasteiger partial charge is 0.0473 e. The van der Waals surface area contributed by atoms with Gasteiger partial charge in [0.2, 0.25) is 0 Å². The fraction of sp³-hybridized carbons (Fsp3) is 0. The van der Waals surface area contributed by atoms with Crippen LogP contribution in [0.5, 0.6) is 0 Å². The van der Waals surface area contributed by atoms with E-state index in [0.717, 1.165) is 17.1 Å². The number of hydrogen-bond acceptors (Lipinski definition) is 1. The molecule has 0 bridgehead atoms. The lowest BCUT2D eigenvalue weighted by molar-refractivity contribution is 1.28. The Labute approximate surface area is 344 Å². The van der Waals surface area contributed by atoms with Crippen molar-refractivity contribution in [2.45, 2.75) is 0 Å². The average molecular weight is 750 g/mol. The molecule has 0 aliphatic heterocycles. The van der Waals surface area contributed by atoms with Gasteiger partial charge in [-0.1, -0.05) is 182 Å². The van der Waals surface area contributed by atoms with E-state index in [1.807, 2.05) is 0 Å². The second-order valence-electron chi connectivity index (χ2n) is 15.3. The zero-order chi connectivity index (χ0) is 39.1. The van der Waals surface area contributed by atoms with Crippen LogP contribution in [-0.2, 0) is 0 Å². The second kappa shape index (κ2) is 14.6. The van der Waals surface area contributed by atoms with Gasteiger partial charge in [-0.05, 0) is 142 Å². The first-order chi connectivity index (χ1) is 29.2. The van der Waals surface area contributed by atoms with E-state index in [9.17, 15) is 0 Å². The van der Waals surface area contributed by atoms with E-state index in [-0.39, 0.29) is 0 Å². The lowest BCUT2D eigenvalue weighted by atomic mass is 9.89. The SMILES string of the molecule is c1ccc(-c2ccc(N(c3ccc(-c4ccc5ccccc5c4)cc3)c3cc(-c4ccccc4)cc(-c4cc5c6ccccc6ccc5c5ccccc45)c3)cc2)cc1. The molecule has 0 saturated heterocycles. The van der Waals surface area contributed by atoms with Gasteiger partial charge in [0.15, 0.2) is 0 Å². The van der Waals surface area contributed by atoms with E-state index in [1.165, 1.54) is 87.6 Å². The van der Waals surface area contributed by atoms with Crippen molar-refractivity contribution in [3.63, 3.8) is 0 Å². The molecular weight excluding hydrogens is 711 g/mol. The summed E-state index contributed by atoms with van der Waals surface area (Å²) in [6, 6.07) is 86.4. The van der Waals surface area contributed by atoms with Gasteiger partial charge in [-0.15, -0.1) is 0 Å². The molecule has 0 atom stereocenters. The van der Waals surface area contributed by atoms with Gasteiger partial charge in [-0.3, -0.25) is 0 Å². The summed E-state index contributed by atoms with van der Waals surface area (Å²) in [5, 5.41) is 10.0. The molecule has 59 heavy (non-hydrogen) atoms. The van der Waals surface area contributed by atoms with Crippen molar-refractivity contribution in [1.29, 1.82) is 0 Å². The summed E-state index contributed by atoms with van der Waals surface area (Å²) in [6.45, 7) is 0. The van der Waals surface area contributed by atoms with Gasteiger partial charge >= 0.3 is 0 Å². The molecular formula is C58H39N. The minimum Gasteiger partial charge on any atom is -0.310 e. The van der Waals surface area contributed by atoms with Crippen LogP contribution in [0.25, 0.3) is 87.6 Å². The molecule has 1 nitrogen and oxygen atoms in total. The summed E-state index contributed by atoms with van der Waals surface area (Å²) in [7, 11) is 0. The maximum absolute atomic E-state index is 2.42. The predicted molar refractivity (Wildman–Crippen MR) is 253 cm³/mol. The quantitative estimate of drug-likeness (QED) is 0.147. The Morgan fingerprint density at radius 1 is 0.203 bits per heavy atom. The first kappa shape index (κ1) is 34.5. The highest BCUT2D eigenvalue weighted by Crippen LogP contribution is 2.44. The molecule has 0 heterocycles. The third-order valence-electron chi connectivity index (χ3n) is 11.8. The Kier molecular flexibility index (Phi) is 8.56. The number of anilines is 3. The Morgan fingerprint density at radius 3 is 1.37 bits per heavy atom. The second-order valence-corrected chi connectivity index (χ2v) is 15.3. The Hall–Kier alpha value is -7.74. The van der Waals surface area contributed by atoms with Crippen molar-refractivity contribution >= 4 is 60.2 Å². The number of fused-ring (bicyclic) bond motifs is 6. The molecule has 0 fully saturated rings. The van der Waals surface area contributed by atoms with Gasteiger partial charge in [-0.2, -0.15) is 0 Å². The van der Waals surface area contributed by atoms with Gasteiger partial charge in [0.05, 0.1) is 0 Å². The molecule has 0 unspecified atom stereocenters. The summed E-state index contributed by atoms with van der Waals surface area (Å²) < 4.78 is 0. The number of hydrogen-bond donors (Lipinski definition) is 0. The van der Waals surface area contributed by atoms with E-state index in [2.05, 4.69) is 241 Å². The fourth-order valence-electron chi connectivity index (χ4n) is 8.85. The fourth-order valence-corrected chi connectivity index (χ4v) is 8.85. The van der Waals surface area contributed by atoms with Crippen LogP contribution in [0.15, 0.2) is 237 Å². The van der Waals surface area contributed by atoms with E-state index in [1.54, 1.807) is 0 Å². The van der Waals surface area contributed by atoms with Crippen LogP contribution in [0.4, 0.5) is 17.1 Å². The Bertz CT molecular complexity index is 3290. The standard InChI is InChI=1S/C58H39N/c1-3-13-40(14-4-1)43-25-30-50(31-26-43)59(51-32-27-44(28-33-51)47-24-23-42-17-7-8-19-46(42)35-47)52-37-48(41-15-5-2-6-16-41)36-49(38-52)57-39-58-53-20-10-9-18-45(53)29-34-56(58)54-21-11-12-22-55(54)57/h1-39H. The van der Waals surface area contributed by atoms with Gasteiger partial charge in [0.25, 0.3) is 0 Å². The molecule has 11 rings (SSSR count). The summed E-state index contributed by atoms with van der Waals surface area (Å²) >= 11 is 0. The van der Waals surface area contributed by atoms with Crippen LogP contribution in [-0.4, -0.2) is 0 Å². The van der Waals surface area contributed by atoms with Crippen LogP contribution in [0, 0.1) is 0 Å². The molecule has 0 spiro atoms. The highest BCUT2D eigenvalue weighted by atomic mass is 15.1. The summed E-state index contributed by atoms with van der Waals surface area (Å²) in [5.74, 6) is 0. The minimum absolute atomic E-state index is 1.09. The molecule has 0 saturated carbocycles. The number of nitrogens with zero attached hydrogens (tertiary/aromatic N) is 1. The van der Waals surface area contributed by atoms with Crippen LogP contribution >= 0.6 is 0 Å². The molecule has 11 aromatic rings. The third-order valence-corrected chi connectivity index (χ3v) is 11.8. The van der Waals surface area contributed by atoms with Crippen molar-refractivity contribution in [3.8, 4) is 44.5 Å².